The highest BCUT2D eigenvalue weighted by Gasteiger charge is 2.23. The van der Waals surface area contributed by atoms with Gasteiger partial charge in [-0.15, -0.1) is 0 Å². The van der Waals surface area contributed by atoms with Gasteiger partial charge >= 0.3 is 0 Å². The summed E-state index contributed by atoms with van der Waals surface area (Å²) in [6.07, 6.45) is 9.25. The molecule has 0 saturated heterocycles. The molecule has 232 valence electrons. The minimum atomic E-state index is -1.30. The van der Waals surface area contributed by atoms with Gasteiger partial charge in [0, 0.05) is 22.7 Å². The number of halogens is 1. The fourth-order valence-electron chi connectivity index (χ4n) is 5.36. The Kier molecular flexibility index (Phi) is 14.2. The summed E-state index contributed by atoms with van der Waals surface area (Å²) in [5.74, 6) is 2.07. The lowest BCUT2D eigenvalue weighted by Crippen LogP contribution is -2.21. The second kappa shape index (κ2) is 17.3. The number of aromatic nitrogens is 2. The Bertz CT molecular complexity index is 1390. The first-order valence-corrected chi connectivity index (χ1v) is 17.5. The van der Waals surface area contributed by atoms with Crippen molar-refractivity contribution in [1.29, 1.82) is 0 Å². The molecule has 1 aromatic heterocycles. The molecule has 42 heavy (non-hydrogen) atoms. The van der Waals surface area contributed by atoms with E-state index >= 15 is 0 Å². The van der Waals surface area contributed by atoms with Crippen LogP contribution in [0.3, 0.4) is 0 Å². The van der Waals surface area contributed by atoms with E-state index in [1.54, 1.807) is 0 Å². The molecule has 7 nitrogen and oxygen atoms in total. The molecule has 0 saturated carbocycles. The molecule has 0 aliphatic rings. The Balaban J connectivity index is 2.12. The molecule has 0 aliphatic carbocycles. The van der Waals surface area contributed by atoms with Crippen molar-refractivity contribution in [3.8, 4) is 11.4 Å². The topological polar surface area (TPSA) is 79.7 Å². The Hall–Kier alpha value is -2.07. The van der Waals surface area contributed by atoms with Crippen LogP contribution in [-0.4, -0.2) is 46.4 Å². The molecule has 0 spiro atoms. The van der Waals surface area contributed by atoms with E-state index in [0.29, 0.717) is 31.1 Å². The molecular formula is C33H47BrN2O5S. The van der Waals surface area contributed by atoms with Gasteiger partial charge in [-0.2, -0.15) is 4.98 Å². The summed E-state index contributed by atoms with van der Waals surface area (Å²) >= 11 is 2.29. The standard InChI is InChI=1S/C33H47BrN2O5S/c1-7-10-11-14-25(13-8-2)26-21-24(5)29(22-30(26)40-19-17-39-18-20-41-42(6)38)36-28-16-12-15-27(34)31(28)33(37)35-32(36)23(4)9-3/h12,15-16,21-23,25H,7-11,13-14,17-20H2,1-6H3. The van der Waals surface area contributed by atoms with Gasteiger partial charge in [0.05, 0.1) is 36.4 Å². The van der Waals surface area contributed by atoms with Gasteiger partial charge in [-0.1, -0.05) is 65.5 Å². The summed E-state index contributed by atoms with van der Waals surface area (Å²) in [4.78, 5) is 17.8. The van der Waals surface area contributed by atoms with E-state index in [9.17, 15) is 9.00 Å². The summed E-state index contributed by atoms with van der Waals surface area (Å²) < 4.78 is 31.2. The van der Waals surface area contributed by atoms with E-state index in [2.05, 4.69) is 72.2 Å². The second-order valence-electron chi connectivity index (χ2n) is 10.9. The third kappa shape index (κ3) is 8.97. The van der Waals surface area contributed by atoms with Crippen molar-refractivity contribution in [2.45, 2.75) is 91.4 Å². The zero-order valence-electron chi connectivity index (χ0n) is 26.0. The van der Waals surface area contributed by atoms with E-state index in [0.717, 1.165) is 58.5 Å². The molecule has 0 radical (unpaired) electrons. The molecule has 2 aromatic carbocycles. The van der Waals surface area contributed by atoms with Crippen LogP contribution in [0.4, 0.5) is 0 Å². The highest BCUT2D eigenvalue weighted by Crippen LogP contribution is 2.39. The highest BCUT2D eigenvalue weighted by atomic mass is 79.9. The molecule has 3 atom stereocenters. The monoisotopic (exact) mass is 662 g/mol. The van der Waals surface area contributed by atoms with Crippen LogP contribution in [-0.2, 0) is 20.0 Å². The van der Waals surface area contributed by atoms with Gasteiger partial charge in [-0.3, -0.25) is 13.5 Å². The van der Waals surface area contributed by atoms with Crippen molar-refractivity contribution in [3.05, 3.63) is 62.1 Å². The molecule has 0 bridgehead atoms. The van der Waals surface area contributed by atoms with Crippen LogP contribution >= 0.6 is 15.9 Å². The van der Waals surface area contributed by atoms with Crippen LogP contribution in [0, 0.1) is 6.92 Å². The van der Waals surface area contributed by atoms with E-state index in [1.165, 1.54) is 31.1 Å². The van der Waals surface area contributed by atoms with Crippen LogP contribution in [0.25, 0.3) is 16.6 Å². The summed E-state index contributed by atoms with van der Waals surface area (Å²) in [5.41, 5.74) is 3.91. The molecule has 0 amide bonds. The number of rotatable bonds is 18. The van der Waals surface area contributed by atoms with Gasteiger partial charge in [0.1, 0.15) is 18.2 Å². The third-order valence-corrected chi connectivity index (χ3v) is 8.87. The highest BCUT2D eigenvalue weighted by molar-refractivity contribution is 9.10. The van der Waals surface area contributed by atoms with E-state index in [1.807, 2.05) is 18.2 Å². The van der Waals surface area contributed by atoms with Crippen molar-refractivity contribution in [2.75, 3.05) is 32.7 Å². The maximum atomic E-state index is 13.2. The Labute approximate surface area is 262 Å². The van der Waals surface area contributed by atoms with Gasteiger partial charge in [0.25, 0.3) is 5.56 Å². The normalized spacial score (nSPS) is 13.8. The molecule has 1 heterocycles. The number of fused-ring (bicyclic) bond motifs is 1. The fraction of sp³-hybridized carbons (Fsp3) is 0.576. The van der Waals surface area contributed by atoms with Crippen molar-refractivity contribution in [1.82, 2.24) is 9.55 Å². The van der Waals surface area contributed by atoms with Crippen LogP contribution < -0.4 is 10.3 Å². The average molecular weight is 664 g/mol. The minimum Gasteiger partial charge on any atom is -0.491 e. The molecule has 3 aromatic rings. The third-order valence-electron chi connectivity index (χ3n) is 7.71. The zero-order chi connectivity index (χ0) is 30.6. The van der Waals surface area contributed by atoms with Crippen LogP contribution in [0.1, 0.15) is 101 Å². The fourth-order valence-corrected chi connectivity index (χ4v) is 6.19. The van der Waals surface area contributed by atoms with Gasteiger partial charge in [-0.25, -0.2) is 4.21 Å². The summed E-state index contributed by atoms with van der Waals surface area (Å²) in [6, 6.07) is 10.3. The lowest BCUT2D eigenvalue weighted by Gasteiger charge is -2.25. The first kappa shape index (κ1) is 34.4. The largest absolute Gasteiger partial charge is 0.491 e. The van der Waals surface area contributed by atoms with Gasteiger partial charge in [-0.05, 0) is 71.3 Å². The first-order valence-electron chi connectivity index (χ1n) is 15.3. The summed E-state index contributed by atoms with van der Waals surface area (Å²) in [7, 11) is 0. The van der Waals surface area contributed by atoms with E-state index < -0.39 is 11.1 Å². The molecule has 0 N–H and O–H groups in total. The first-order chi connectivity index (χ1) is 20.2. The summed E-state index contributed by atoms with van der Waals surface area (Å²) in [6.45, 7) is 12.3. The maximum Gasteiger partial charge on any atom is 0.281 e. The van der Waals surface area contributed by atoms with Crippen molar-refractivity contribution >= 4 is 37.9 Å². The van der Waals surface area contributed by atoms with E-state index in [-0.39, 0.29) is 18.1 Å². The number of aryl methyl sites for hydroxylation is 1. The van der Waals surface area contributed by atoms with E-state index in [4.69, 9.17) is 13.7 Å². The predicted molar refractivity (Wildman–Crippen MR) is 177 cm³/mol. The van der Waals surface area contributed by atoms with Crippen molar-refractivity contribution in [2.24, 2.45) is 0 Å². The predicted octanol–water partition coefficient (Wildman–Crippen LogP) is 8.14. The lowest BCUT2D eigenvalue weighted by atomic mass is 9.87. The Morgan fingerprint density at radius 1 is 1.02 bits per heavy atom. The van der Waals surface area contributed by atoms with Crippen molar-refractivity contribution < 1.29 is 17.9 Å². The SMILES string of the molecule is CCCCCC(CCC)c1cc(C)c(-n2c(C(C)CC)nc(=O)c3c(Br)cccc32)cc1OCCOCCOS(C)=O. The molecular weight excluding hydrogens is 616 g/mol. The quantitative estimate of drug-likeness (QED) is 0.128. The number of nitrogens with zero attached hydrogens (tertiary/aromatic N) is 2. The Morgan fingerprint density at radius 3 is 2.48 bits per heavy atom. The molecule has 3 rings (SSSR count). The average Bonchev–Trinajstić information content (AvgIpc) is 2.96. The second-order valence-corrected chi connectivity index (χ2v) is 12.8. The van der Waals surface area contributed by atoms with Gasteiger partial charge in [0.2, 0.25) is 0 Å². The van der Waals surface area contributed by atoms with Crippen LogP contribution in [0.15, 0.2) is 39.6 Å². The van der Waals surface area contributed by atoms with Crippen LogP contribution in [0.2, 0.25) is 0 Å². The molecule has 0 fully saturated rings. The number of ether oxygens (including phenoxy) is 2. The lowest BCUT2D eigenvalue weighted by molar-refractivity contribution is 0.0793. The smallest absolute Gasteiger partial charge is 0.281 e. The minimum absolute atomic E-state index is 0.0829. The summed E-state index contributed by atoms with van der Waals surface area (Å²) in [5, 5.41) is 0.572. The number of hydrogen-bond donors (Lipinski definition) is 0. The molecule has 3 unspecified atom stereocenters. The van der Waals surface area contributed by atoms with Gasteiger partial charge < -0.3 is 9.47 Å². The number of hydrogen-bond acceptors (Lipinski definition) is 6. The van der Waals surface area contributed by atoms with Crippen molar-refractivity contribution in [3.63, 3.8) is 0 Å². The number of benzene rings is 2. The van der Waals surface area contributed by atoms with Gasteiger partial charge in [0.15, 0.2) is 11.1 Å². The zero-order valence-corrected chi connectivity index (χ0v) is 28.4. The van der Waals surface area contributed by atoms with Crippen LogP contribution in [0.5, 0.6) is 5.75 Å². The number of unbranched alkanes of at least 4 members (excludes halogenated alkanes) is 2. The Morgan fingerprint density at radius 2 is 1.79 bits per heavy atom. The maximum absolute atomic E-state index is 13.2. The molecule has 0 aliphatic heterocycles. The molecule has 9 heteroatoms.